The zero-order chi connectivity index (χ0) is 28.0. The molecule has 0 aliphatic heterocycles. The molecule has 0 amide bonds. The van der Waals surface area contributed by atoms with E-state index in [0.29, 0.717) is 17.5 Å². The topological polar surface area (TPSA) is 43.6 Å². The number of para-hydroxylation sites is 1. The standard InChI is InChI=1S/C38H26N4/c1-25-16-17-26-20-23-34-35(32(26)24-25)31-14-8-9-15-33(31)42(34)30-21-18-29(19-22-30)38-40-36(27-10-4-2-5-11-27)39-37(41-38)28-12-6-3-7-13-28/h2-24H,1H3. The van der Waals surface area contributed by atoms with E-state index in [2.05, 4.69) is 90.4 Å². The lowest BCUT2D eigenvalue weighted by Crippen LogP contribution is -2.00. The van der Waals surface area contributed by atoms with Crippen molar-refractivity contribution in [2.75, 3.05) is 0 Å². The van der Waals surface area contributed by atoms with Crippen LogP contribution in [-0.4, -0.2) is 19.5 Å². The van der Waals surface area contributed by atoms with Gasteiger partial charge in [0.1, 0.15) is 0 Å². The first-order valence-electron chi connectivity index (χ1n) is 14.1. The van der Waals surface area contributed by atoms with Crippen molar-refractivity contribution in [2.45, 2.75) is 6.92 Å². The van der Waals surface area contributed by atoms with E-state index in [9.17, 15) is 0 Å². The molecule has 2 heterocycles. The highest BCUT2D eigenvalue weighted by molar-refractivity contribution is 6.21. The molecule has 0 radical (unpaired) electrons. The fraction of sp³-hybridized carbons (Fsp3) is 0.0263. The molecule has 198 valence electrons. The number of rotatable bonds is 4. The summed E-state index contributed by atoms with van der Waals surface area (Å²) in [7, 11) is 0. The Morgan fingerprint density at radius 1 is 0.452 bits per heavy atom. The molecule has 0 atom stereocenters. The monoisotopic (exact) mass is 538 g/mol. The summed E-state index contributed by atoms with van der Waals surface area (Å²) in [5.74, 6) is 1.97. The van der Waals surface area contributed by atoms with Crippen LogP contribution in [0.1, 0.15) is 5.56 Å². The van der Waals surface area contributed by atoms with Gasteiger partial charge in [0.25, 0.3) is 0 Å². The van der Waals surface area contributed by atoms with E-state index < -0.39 is 0 Å². The Morgan fingerprint density at radius 2 is 1.00 bits per heavy atom. The molecular weight excluding hydrogens is 512 g/mol. The van der Waals surface area contributed by atoms with Crippen molar-refractivity contribution in [1.29, 1.82) is 0 Å². The van der Waals surface area contributed by atoms with E-state index in [-0.39, 0.29) is 0 Å². The molecule has 0 spiro atoms. The number of benzene rings is 6. The Morgan fingerprint density at radius 3 is 1.64 bits per heavy atom. The Hall–Kier alpha value is -5.61. The van der Waals surface area contributed by atoms with Gasteiger partial charge in [0, 0.05) is 33.2 Å². The van der Waals surface area contributed by atoms with Crippen LogP contribution in [0.4, 0.5) is 0 Å². The largest absolute Gasteiger partial charge is 0.309 e. The van der Waals surface area contributed by atoms with Crippen molar-refractivity contribution in [1.82, 2.24) is 19.5 Å². The summed E-state index contributed by atoms with van der Waals surface area (Å²) in [6.45, 7) is 2.16. The van der Waals surface area contributed by atoms with Gasteiger partial charge in [0.05, 0.1) is 11.0 Å². The molecule has 0 unspecified atom stereocenters. The van der Waals surface area contributed by atoms with Crippen LogP contribution in [0.5, 0.6) is 0 Å². The molecule has 0 saturated carbocycles. The lowest BCUT2D eigenvalue weighted by Gasteiger charge is -2.11. The zero-order valence-corrected chi connectivity index (χ0v) is 23.1. The van der Waals surface area contributed by atoms with Gasteiger partial charge in [-0.3, -0.25) is 0 Å². The van der Waals surface area contributed by atoms with Crippen molar-refractivity contribution >= 4 is 32.6 Å². The normalized spacial score (nSPS) is 11.5. The maximum Gasteiger partial charge on any atom is 0.164 e. The first-order valence-corrected chi connectivity index (χ1v) is 14.1. The average Bonchev–Trinajstić information content (AvgIpc) is 3.40. The second kappa shape index (κ2) is 9.79. The molecule has 2 aromatic heterocycles. The summed E-state index contributed by atoms with van der Waals surface area (Å²) in [5.41, 5.74) is 7.60. The van der Waals surface area contributed by atoms with Gasteiger partial charge in [-0.15, -0.1) is 0 Å². The zero-order valence-electron chi connectivity index (χ0n) is 23.1. The highest BCUT2D eigenvalue weighted by Gasteiger charge is 2.16. The van der Waals surface area contributed by atoms with Crippen LogP contribution < -0.4 is 0 Å². The lowest BCUT2D eigenvalue weighted by atomic mass is 10.0. The Bertz CT molecular complexity index is 2170. The van der Waals surface area contributed by atoms with E-state index in [1.165, 1.54) is 38.1 Å². The highest BCUT2D eigenvalue weighted by atomic mass is 15.0. The number of hydrogen-bond acceptors (Lipinski definition) is 3. The quantitative estimate of drug-likeness (QED) is 0.224. The van der Waals surface area contributed by atoms with E-state index >= 15 is 0 Å². The van der Waals surface area contributed by atoms with Gasteiger partial charge in [-0.25, -0.2) is 15.0 Å². The Kier molecular flexibility index (Phi) is 5.64. The van der Waals surface area contributed by atoms with E-state index in [4.69, 9.17) is 15.0 Å². The Labute approximate surface area is 243 Å². The van der Waals surface area contributed by atoms with Gasteiger partial charge in [-0.05, 0) is 54.1 Å². The first kappa shape index (κ1) is 24.2. The molecule has 8 rings (SSSR count). The van der Waals surface area contributed by atoms with Gasteiger partial charge >= 0.3 is 0 Å². The molecule has 4 nitrogen and oxygen atoms in total. The van der Waals surface area contributed by atoms with Gasteiger partial charge in [-0.2, -0.15) is 0 Å². The van der Waals surface area contributed by atoms with E-state index in [1.54, 1.807) is 0 Å². The second-order valence-electron chi connectivity index (χ2n) is 10.6. The minimum absolute atomic E-state index is 0.651. The molecule has 42 heavy (non-hydrogen) atoms. The van der Waals surface area contributed by atoms with Crippen molar-refractivity contribution in [3.05, 3.63) is 145 Å². The number of nitrogens with zero attached hydrogens (tertiary/aromatic N) is 4. The molecular formula is C38H26N4. The van der Waals surface area contributed by atoms with Crippen LogP contribution in [0.15, 0.2) is 140 Å². The third-order valence-corrected chi connectivity index (χ3v) is 7.89. The predicted octanol–water partition coefficient (Wildman–Crippen LogP) is 9.43. The molecule has 0 aliphatic carbocycles. The fourth-order valence-electron chi connectivity index (χ4n) is 5.88. The summed E-state index contributed by atoms with van der Waals surface area (Å²) in [5, 5.41) is 5.08. The van der Waals surface area contributed by atoms with E-state index in [0.717, 1.165) is 22.4 Å². The molecule has 6 aromatic carbocycles. The number of hydrogen-bond donors (Lipinski definition) is 0. The van der Waals surface area contributed by atoms with Crippen molar-refractivity contribution in [3.8, 4) is 39.9 Å². The SMILES string of the molecule is Cc1ccc2ccc3c(c2c1)c1ccccc1n3-c1ccc(-c2nc(-c3ccccc3)nc(-c3ccccc3)n2)cc1. The second-order valence-corrected chi connectivity index (χ2v) is 10.6. The molecule has 0 saturated heterocycles. The molecule has 0 fully saturated rings. The van der Waals surface area contributed by atoms with Crippen molar-refractivity contribution in [3.63, 3.8) is 0 Å². The summed E-state index contributed by atoms with van der Waals surface area (Å²) in [6.07, 6.45) is 0. The molecule has 4 heteroatoms. The Balaban J connectivity index is 1.29. The van der Waals surface area contributed by atoms with Gasteiger partial charge in [0.2, 0.25) is 0 Å². The minimum Gasteiger partial charge on any atom is -0.309 e. The molecule has 8 aromatic rings. The summed E-state index contributed by atoms with van der Waals surface area (Å²) >= 11 is 0. The molecule has 0 N–H and O–H groups in total. The maximum atomic E-state index is 4.91. The van der Waals surface area contributed by atoms with Crippen molar-refractivity contribution < 1.29 is 0 Å². The number of aryl methyl sites for hydroxylation is 1. The lowest BCUT2D eigenvalue weighted by molar-refractivity contribution is 1.07. The summed E-state index contributed by atoms with van der Waals surface area (Å²) < 4.78 is 2.36. The van der Waals surface area contributed by atoms with Crippen LogP contribution >= 0.6 is 0 Å². The highest BCUT2D eigenvalue weighted by Crippen LogP contribution is 2.37. The van der Waals surface area contributed by atoms with Crippen LogP contribution in [0.2, 0.25) is 0 Å². The predicted molar refractivity (Wildman–Crippen MR) is 173 cm³/mol. The third-order valence-electron chi connectivity index (χ3n) is 7.89. The number of aromatic nitrogens is 4. The van der Waals surface area contributed by atoms with Crippen LogP contribution in [-0.2, 0) is 0 Å². The van der Waals surface area contributed by atoms with Crippen LogP contribution in [0.25, 0.3) is 72.4 Å². The van der Waals surface area contributed by atoms with Crippen molar-refractivity contribution in [2.24, 2.45) is 0 Å². The van der Waals surface area contributed by atoms with E-state index in [1.807, 2.05) is 60.7 Å². The smallest absolute Gasteiger partial charge is 0.164 e. The summed E-state index contributed by atoms with van der Waals surface area (Å²) in [4.78, 5) is 14.6. The maximum absolute atomic E-state index is 4.91. The van der Waals surface area contributed by atoms with Gasteiger partial charge in [-0.1, -0.05) is 109 Å². The molecule has 0 aliphatic rings. The third kappa shape index (κ3) is 4.04. The fourth-order valence-corrected chi connectivity index (χ4v) is 5.88. The molecule has 0 bridgehead atoms. The van der Waals surface area contributed by atoms with Gasteiger partial charge < -0.3 is 4.57 Å². The minimum atomic E-state index is 0.651. The average molecular weight is 539 g/mol. The first-order chi connectivity index (χ1) is 20.7. The van der Waals surface area contributed by atoms with Crippen LogP contribution in [0.3, 0.4) is 0 Å². The van der Waals surface area contributed by atoms with Crippen LogP contribution in [0, 0.1) is 6.92 Å². The van der Waals surface area contributed by atoms with Gasteiger partial charge in [0.15, 0.2) is 17.5 Å². The number of fused-ring (bicyclic) bond motifs is 5. The summed E-state index contributed by atoms with van der Waals surface area (Å²) in [6, 6.07) is 48.5.